The average molecular weight is 293 g/mol. The molecular weight excluding hydrogens is 274 g/mol. The van der Waals surface area contributed by atoms with E-state index in [1.54, 1.807) is 0 Å². The number of nitrogens with zero attached hydrogens (tertiary/aromatic N) is 1. The Morgan fingerprint density at radius 1 is 1.09 bits per heavy atom. The van der Waals surface area contributed by atoms with Gasteiger partial charge in [-0.05, 0) is 36.8 Å². The molecule has 0 aliphatic heterocycles. The Bertz CT molecular complexity index is 764. The van der Waals surface area contributed by atoms with Crippen molar-refractivity contribution in [3.63, 3.8) is 0 Å². The maximum absolute atomic E-state index is 5.83. The molecule has 0 unspecified atom stereocenters. The first-order valence-corrected chi connectivity index (χ1v) is 7.41. The zero-order chi connectivity index (χ0) is 15.4. The van der Waals surface area contributed by atoms with Crippen LogP contribution in [-0.4, -0.2) is 16.8 Å². The third-order valence-corrected chi connectivity index (χ3v) is 3.40. The summed E-state index contributed by atoms with van der Waals surface area (Å²) < 4.78 is 5.81. The molecule has 0 spiro atoms. The highest BCUT2D eigenvalue weighted by molar-refractivity contribution is 5.73. The van der Waals surface area contributed by atoms with Gasteiger partial charge in [0.1, 0.15) is 5.75 Å². The summed E-state index contributed by atoms with van der Waals surface area (Å²) in [6.07, 6.45) is 0.978. The summed E-state index contributed by atoms with van der Waals surface area (Å²) in [5.74, 6) is 0.868. The molecule has 0 saturated heterocycles. The Kier molecular flexibility index (Phi) is 4.10. The third-order valence-electron chi connectivity index (χ3n) is 3.40. The number of aromatic amines is 1. The van der Waals surface area contributed by atoms with Crippen molar-refractivity contribution in [2.24, 2.45) is 0 Å². The van der Waals surface area contributed by atoms with Crippen molar-refractivity contribution < 1.29 is 4.74 Å². The van der Waals surface area contributed by atoms with Crippen molar-refractivity contribution in [1.29, 1.82) is 0 Å². The van der Waals surface area contributed by atoms with Crippen molar-refractivity contribution in [1.82, 2.24) is 10.2 Å². The van der Waals surface area contributed by atoms with Gasteiger partial charge >= 0.3 is 0 Å². The highest BCUT2D eigenvalue weighted by Gasteiger charge is 2.10. The number of ether oxygens (including phenoxy) is 1. The summed E-state index contributed by atoms with van der Waals surface area (Å²) in [6, 6.07) is 17.7. The van der Waals surface area contributed by atoms with Gasteiger partial charge in [0.2, 0.25) is 0 Å². The zero-order valence-corrected chi connectivity index (χ0v) is 12.5. The third kappa shape index (κ3) is 2.96. The lowest BCUT2D eigenvalue weighted by Gasteiger charge is -2.08. The van der Waals surface area contributed by atoms with E-state index in [4.69, 9.17) is 10.5 Å². The minimum atomic E-state index is 0.702. The molecule has 0 atom stereocenters. The highest BCUT2D eigenvalue weighted by atomic mass is 16.5. The predicted octanol–water partition coefficient (Wildman–Crippen LogP) is 4.11. The van der Waals surface area contributed by atoms with Gasteiger partial charge in [-0.25, -0.2) is 0 Å². The highest BCUT2D eigenvalue weighted by Crippen LogP contribution is 2.31. The maximum Gasteiger partial charge on any atom is 0.128 e. The molecular formula is C18H19N3O. The molecule has 3 N–H and O–H groups in total. The number of benzene rings is 2. The summed E-state index contributed by atoms with van der Waals surface area (Å²) in [4.78, 5) is 0. The minimum absolute atomic E-state index is 0.702. The van der Waals surface area contributed by atoms with Gasteiger partial charge in [-0.3, -0.25) is 5.10 Å². The van der Waals surface area contributed by atoms with E-state index in [0.29, 0.717) is 6.61 Å². The Morgan fingerprint density at radius 3 is 2.77 bits per heavy atom. The van der Waals surface area contributed by atoms with Gasteiger partial charge in [0.25, 0.3) is 0 Å². The van der Waals surface area contributed by atoms with E-state index in [-0.39, 0.29) is 0 Å². The van der Waals surface area contributed by atoms with Crippen LogP contribution in [0.2, 0.25) is 0 Å². The first-order valence-electron chi connectivity index (χ1n) is 7.41. The van der Waals surface area contributed by atoms with Crippen LogP contribution < -0.4 is 10.5 Å². The van der Waals surface area contributed by atoms with Crippen LogP contribution >= 0.6 is 0 Å². The van der Waals surface area contributed by atoms with Crippen LogP contribution in [-0.2, 0) is 0 Å². The fraction of sp³-hybridized carbons (Fsp3) is 0.167. The Morgan fingerprint density at radius 2 is 1.95 bits per heavy atom. The van der Waals surface area contributed by atoms with E-state index in [1.165, 1.54) is 0 Å². The number of nitrogen functional groups attached to an aromatic ring is 1. The van der Waals surface area contributed by atoms with Crippen LogP contribution in [0, 0.1) is 0 Å². The van der Waals surface area contributed by atoms with Crippen LogP contribution in [0.25, 0.3) is 22.5 Å². The van der Waals surface area contributed by atoms with Gasteiger partial charge < -0.3 is 10.5 Å². The molecule has 0 aliphatic carbocycles. The maximum atomic E-state index is 5.83. The fourth-order valence-corrected chi connectivity index (χ4v) is 2.33. The Hall–Kier alpha value is -2.75. The van der Waals surface area contributed by atoms with Crippen LogP contribution in [0.4, 0.5) is 5.69 Å². The molecule has 0 radical (unpaired) electrons. The molecule has 0 saturated carbocycles. The molecule has 112 valence electrons. The van der Waals surface area contributed by atoms with E-state index in [1.807, 2.05) is 54.6 Å². The summed E-state index contributed by atoms with van der Waals surface area (Å²) in [7, 11) is 0. The lowest BCUT2D eigenvalue weighted by molar-refractivity contribution is 0.318. The molecule has 1 aromatic heterocycles. The number of nitrogens with one attached hydrogen (secondary N) is 1. The Balaban J connectivity index is 1.94. The van der Waals surface area contributed by atoms with Crippen molar-refractivity contribution >= 4 is 5.69 Å². The molecule has 0 aliphatic rings. The second kappa shape index (κ2) is 6.35. The van der Waals surface area contributed by atoms with Crippen LogP contribution in [0.1, 0.15) is 13.3 Å². The molecule has 3 rings (SSSR count). The van der Waals surface area contributed by atoms with E-state index >= 15 is 0 Å². The Labute approximate surface area is 129 Å². The topological polar surface area (TPSA) is 63.9 Å². The molecule has 4 heteroatoms. The fourth-order valence-electron chi connectivity index (χ4n) is 2.33. The largest absolute Gasteiger partial charge is 0.493 e. The van der Waals surface area contributed by atoms with E-state index in [0.717, 1.165) is 40.4 Å². The average Bonchev–Trinajstić information content (AvgIpc) is 3.03. The van der Waals surface area contributed by atoms with E-state index in [9.17, 15) is 0 Å². The number of rotatable bonds is 5. The predicted molar refractivity (Wildman–Crippen MR) is 89.7 cm³/mol. The number of para-hydroxylation sites is 1. The SMILES string of the molecule is CCCOc1ccccc1-c1cc(-c2cccc(N)c2)n[nH]1. The first-order chi connectivity index (χ1) is 10.8. The van der Waals surface area contributed by atoms with Crippen molar-refractivity contribution in [2.45, 2.75) is 13.3 Å². The first kappa shape index (κ1) is 14.2. The van der Waals surface area contributed by atoms with Gasteiger partial charge in [0.15, 0.2) is 0 Å². The molecule has 0 bridgehead atoms. The number of hydrogen-bond donors (Lipinski definition) is 2. The van der Waals surface area contributed by atoms with E-state index in [2.05, 4.69) is 17.1 Å². The summed E-state index contributed by atoms with van der Waals surface area (Å²) in [6.45, 7) is 2.80. The second-order valence-corrected chi connectivity index (χ2v) is 5.14. The molecule has 4 nitrogen and oxygen atoms in total. The molecule has 2 aromatic carbocycles. The number of H-pyrrole nitrogens is 1. The van der Waals surface area contributed by atoms with Crippen molar-refractivity contribution in [2.75, 3.05) is 12.3 Å². The zero-order valence-electron chi connectivity index (χ0n) is 12.5. The van der Waals surface area contributed by atoms with Gasteiger partial charge in [-0.2, -0.15) is 5.10 Å². The van der Waals surface area contributed by atoms with Crippen LogP contribution in [0.5, 0.6) is 5.75 Å². The summed E-state index contributed by atoms with van der Waals surface area (Å²) in [5, 5.41) is 7.48. The van der Waals surface area contributed by atoms with Gasteiger partial charge in [-0.1, -0.05) is 31.2 Å². The van der Waals surface area contributed by atoms with Crippen molar-refractivity contribution in [3.05, 3.63) is 54.6 Å². The quantitative estimate of drug-likeness (QED) is 0.696. The minimum Gasteiger partial charge on any atom is -0.493 e. The van der Waals surface area contributed by atoms with Gasteiger partial charge in [-0.15, -0.1) is 0 Å². The lowest BCUT2D eigenvalue weighted by atomic mass is 10.1. The smallest absolute Gasteiger partial charge is 0.128 e. The van der Waals surface area contributed by atoms with Gasteiger partial charge in [0, 0.05) is 16.8 Å². The number of hydrogen-bond acceptors (Lipinski definition) is 3. The number of anilines is 1. The molecule has 22 heavy (non-hydrogen) atoms. The standard InChI is InChI=1S/C18H19N3O/c1-2-10-22-18-9-4-3-8-15(18)17-12-16(20-21-17)13-6-5-7-14(19)11-13/h3-9,11-12H,2,10,19H2,1H3,(H,20,21). The van der Waals surface area contributed by atoms with Crippen molar-refractivity contribution in [3.8, 4) is 28.3 Å². The molecule has 1 heterocycles. The second-order valence-electron chi connectivity index (χ2n) is 5.14. The molecule has 0 fully saturated rings. The molecule has 0 amide bonds. The summed E-state index contributed by atoms with van der Waals surface area (Å²) >= 11 is 0. The lowest BCUT2D eigenvalue weighted by Crippen LogP contribution is -1.96. The monoisotopic (exact) mass is 293 g/mol. The summed E-state index contributed by atoms with van der Waals surface area (Å²) in [5.41, 5.74) is 10.4. The van der Waals surface area contributed by atoms with Crippen LogP contribution in [0.15, 0.2) is 54.6 Å². The number of nitrogens with two attached hydrogens (primary N) is 1. The number of aromatic nitrogens is 2. The molecule has 3 aromatic rings. The van der Waals surface area contributed by atoms with Crippen LogP contribution in [0.3, 0.4) is 0 Å². The normalized spacial score (nSPS) is 10.6. The van der Waals surface area contributed by atoms with Gasteiger partial charge in [0.05, 0.1) is 18.0 Å². The van der Waals surface area contributed by atoms with E-state index < -0.39 is 0 Å².